The van der Waals surface area contributed by atoms with Gasteiger partial charge in [-0.15, -0.1) is 0 Å². The Morgan fingerprint density at radius 1 is 1.29 bits per heavy atom. The van der Waals surface area contributed by atoms with E-state index in [-0.39, 0.29) is 5.60 Å². The minimum atomic E-state index is -0.235. The van der Waals surface area contributed by atoms with Crippen molar-refractivity contribution in [3.63, 3.8) is 0 Å². The fourth-order valence-electron chi connectivity index (χ4n) is 1.91. The third kappa shape index (κ3) is 1.31. The molecule has 0 fully saturated rings. The van der Waals surface area contributed by atoms with E-state index in [0.29, 0.717) is 5.92 Å². The topological polar surface area (TPSA) is 21.6 Å². The van der Waals surface area contributed by atoms with E-state index in [1.807, 2.05) is 24.4 Å². The number of benzene rings is 1. The largest absolute Gasteiger partial charge is 0.384 e. The van der Waals surface area contributed by atoms with Gasteiger partial charge in [0.1, 0.15) is 0 Å². The van der Waals surface area contributed by atoms with Gasteiger partial charge in [0.2, 0.25) is 0 Å². The number of hydrogen-bond acceptors (Lipinski definition) is 2. The summed E-state index contributed by atoms with van der Waals surface area (Å²) in [6.45, 7) is 4.34. The number of rotatable bonds is 2. The molecule has 0 spiro atoms. The van der Waals surface area contributed by atoms with Crippen molar-refractivity contribution in [1.82, 2.24) is 0 Å². The second kappa shape index (κ2) is 3.45. The molecule has 0 aromatic heterocycles. The Bertz CT molecular complexity index is 321. The molecule has 0 aliphatic carbocycles. The van der Waals surface area contributed by atoms with Gasteiger partial charge in [-0.05, 0) is 5.56 Å². The minimum Gasteiger partial charge on any atom is -0.384 e. The Balaban J connectivity index is 2.38. The molecule has 1 heterocycles. The highest BCUT2D eigenvalue weighted by Gasteiger charge is 2.40. The summed E-state index contributed by atoms with van der Waals surface area (Å²) in [5, 5.41) is 3.91. The highest BCUT2D eigenvalue weighted by Crippen LogP contribution is 2.39. The van der Waals surface area contributed by atoms with Gasteiger partial charge in [0.25, 0.3) is 0 Å². The lowest BCUT2D eigenvalue weighted by Gasteiger charge is -2.30. The van der Waals surface area contributed by atoms with Crippen LogP contribution in [0.2, 0.25) is 0 Å². The zero-order valence-corrected chi connectivity index (χ0v) is 8.60. The van der Waals surface area contributed by atoms with Gasteiger partial charge in [-0.25, -0.2) is 0 Å². The monoisotopic (exact) mass is 189 g/mol. The lowest BCUT2D eigenvalue weighted by molar-refractivity contribution is -0.0593. The van der Waals surface area contributed by atoms with Gasteiger partial charge < -0.3 is 4.84 Å². The van der Waals surface area contributed by atoms with E-state index in [9.17, 15) is 0 Å². The molecule has 0 amide bonds. The van der Waals surface area contributed by atoms with Crippen molar-refractivity contribution in [3.8, 4) is 0 Å². The van der Waals surface area contributed by atoms with Gasteiger partial charge in [0.15, 0.2) is 5.60 Å². The molecule has 2 nitrogen and oxygen atoms in total. The smallest absolute Gasteiger partial charge is 0.169 e. The van der Waals surface area contributed by atoms with Gasteiger partial charge in [0.05, 0.1) is 0 Å². The van der Waals surface area contributed by atoms with Gasteiger partial charge in [-0.2, -0.15) is 0 Å². The van der Waals surface area contributed by atoms with Gasteiger partial charge in [-0.1, -0.05) is 49.3 Å². The molecular weight excluding hydrogens is 174 g/mol. The zero-order chi connectivity index (χ0) is 10.0. The fraction of sp³-hybridized carbons (Fsp3) is 0.417. The molecule has 0 saturated carbocycles. The standard InChI is InChI=1S/C12H15NO/c1-10(2)12(8-9-13-14-12)11-6-4-3-5-7-11/h3-7,9-10H,8H2,1-2H3. The summed E-state index contributed by atoms with van der Waals surface area (Å²) in [6, 6.07) is 10.3. The maximum Gasteiger partial charge on any atom is 0.169 e. The van der Waals surface area contributed by atoms with Crippen LogP contribution in [0.25, 0.3) is 0 Å². The summed E-state index contributed by atoms with van der Waals surface area (Å²) >= 11 is 0. The second-order valence-electron chi connectivity index (χ2n) is 3.99. The molecule has 1 aliphatic rings. The average Bonchev–Trinajstić information content (AvgIpc) is 2.69. The molecule has 2 rings (SSSR count). The average molecular weight is 189 g/mol. The van der Waals surface area contributed by atoms with E-state index in [1.54, 1.807) is 0 Å². The van der Waals surface area contributed by atoms with Crippen molar-refractivity contribution in [2.45, 2.75) is 25.9 Å². The van der Waals surface area contributed by atoms with E-state index in [1.165, 1.54) is 5.56 Å². The number of hydrogen-bond donors (Lipinski definition) is 0. The fourth-order valence-corrected chi connectivity index (χ4v) is 1.91. The van der Waals surface area contributed by atoms with Gasteiger partial charge in [-0.3, -0.25) is 0 Å². The van der Waals surface area contributed by atoms with Crippen LogP contribution in [-0.4, -0.2) is 6.21 Å². The molecule has 14 heavy (non-hydrogen) atoms. The molecule has 0 N–H and O–H groups in total. The number of nitrogens with zero attached hydrogens (tertiary/aromatic N) is 1. The Kier molecular flexibility index (Phi) is 2.28. The van der Waals surface area contributed by atoms with Crippen LogP contribution in [-0.2, 0) is 10.4 Å². The van der Waals surface area contributed by atoms with Gasteiger partial charge >= 0.3 is 0 Å². The maximum atomic E-state index is 5.56. The third-order valence-electron chi connectivity index (χ3n) is 2.88. The van der Waals surface area contributed by atoms with Crippen molar-refractivity contribution in [2.24, 2.45) is 11.1 Å². The highest BCUT2D eigenvalue weighted by atomic mass is 16.7. The van der Waals surface area contributed by atoms with Crippen LogP contribution in [0.1, 0.15) is 25.8 Å². The summed E-state index contributed by atoms with van der Waals surface area (Å²) in [4.78, 5) is 5.56. The molecule has 1 aromatic carbocycles. The first-order chi connectivity index (χ1) is 6.76. The normalized spacial score (nSPS) is 25.4. The predicted molar refractivity (Wildman–Crippen MR) is 57.2 cm³/mol. The van der Waals surface area contributed by atoms with E-state index >= 15 is 0 Å². The summed E-state index contributed by atoms with van der Waals surface area (Å²) in [5.74, 6) is 0.424. The van der Waals surface area contributed by atoms with E-state index < -0.39 is 0 Å². The molecule has 74 valence electrons. The lowest BCUT2D eigenvalue weighted by Crippen LogP contribution is -2.31. The molecular formula is C12H15NO. The van der Waals surface area contributed by atoms with Crippen molar-refractivity contribution in [2.75, 3.05) is 0 Å². The summed E-state index contributed by atoms with van der Waals surface area (Å²) in [5.41, 5.74) is 0.980. The van der Waals surface area contributed by atoms with Gasteiger partial charge in [0, 0.05) is 18.6 Å². The predicted octanol–water partition coefficient (Wildman–Crippen LogP) is 2.94. The first kappa shape index (κ1) is 9.25. The second-order valence-corrected chi connectivity index (χ2v) is 3.99. The van der Waals surface area contributed by atoms with Crippen LogP contribution in [0.4, 0.5) is 0 Å². The molecule has 1 atom stereocenters. The lowest BCUT2D eigenvalue weighted by atomic mass is 9.81. The molecule has 0 saturated heterocycles. The van der Waals surface area contributed by atoms with Crippen LogP contribution in [0.5, 0.6) is 0 Å². The van der Waals surface area contributed by atoms with Crippen LogP contribution < -0.4 is 0 Å². The van der Waals surface area contributed by atoms with E-state index in [4.69, 9.17) is 4.84 Å². The SMILES string of the molecule is CC(C)C1(c2ccccc2)CC=NO1. The van der Waals surface area contributed by atoms with Crippen LogP contribution in [0.3, 0.4) is 0 Å². The van der Waals surface area contributed by atoms with Crippen LogP contribution in [0, 0.1) is 5.92 Å². The summed E-state index contributed by atoms with van der Waals surface area (Å²) in [7, 11) is 0. The van der Waals surface area contributed by atoms with Crippen LogP contribution in [0.15, 0.2) is 35.5 Å². The maximum absolute atomic E-state index is 5.56. The summed E-state index contributed by atoms with van der Waals surface area (Å²) < 4.78 is 0. The van der Waals surface area contributed by atoms with Crippen molar-refractivity contribution < 1.29 is 4.84 Å². The highest BCUT2D eigenvalue weighted by molar-refractivity contribution is 5.61. The van der Waals surface area contributed by atoms with Crippen molar-refractivity contribution >= 4 is 6.21 Å². The van der Waals surface area contributed by atoms with E-state index in [2.05, 4.69) is 31.1 Å². The van der Waals surface area contributed by atoms with Crippen LogP contribution >= 0.6 is 0 Å². The summed E-state index contributed by atoms with van der Waals surface area (Å²) in [6.07, 6.45) is 2.72. The molecule has 2 heteroatoms. The molecule has 1 aliphatic heterocycles. The Hall–Kier alpha value is -1.31. The minimum absolute atomic E-state index is 0.235. The van der Waals surface area contributed by atoms with Crippen molar-refractivity contribution in [3.05, 3.63) is 35.9 Å². The first-order valence-electron chi connectivity index (χ1n) is 5.01. The molecule has 0 bridgehead atoms. The Morgan fingerprint density at radius 2 is 2.00 bits per heavy atom. The Labute approximate surface area is 84.6 Å². The van der Waals surface area contributed by atoms with E-state index in [0.717, 1.165) is 6.42 Å². The molecule has 1 aromatic rings. The molecule has 1 unspecified atom stereocenters. The third-order valence-corrected chi connectivity index (χ3v) is 2.88. The quantitative estimate of drug-likeness (QED) is 0.701. The van der Waals surface area contributed by atoms with Crippen molar-refractivity contribution in [1.29, 1.82) is 0 Å². The number of oxime groups is 1. The zero-order valence-electron chi connectivity index (χ0n) is 8.60. The molecule has 0 radical (unpaired) electrons. The first-order valence-corrected chi connectivity index (χ1v) is 5.01. The Morgan fingerprint density at radius 3 is 2.50 bits per heavy atom.